The van der Waals surface area contributed by atoms with Crippen LogP contribution in [0.5, 0.6) is 0 Å². The fraction of sp³-hybridized carbons (Fsp3) is 0.500. The SMILES string of the molecule is CN1C=NC=C2C1=CNN2CC1CC1. The Morgan fingerprint density at radius 2 is 2.36 bits per heavy atom. The number of hydrogen-bond donors (Lipinski definition) is 1. The Morgan fingerprint density at radius 1 is 1.50 bits per heavy atom. The topological polar surface area (TPSA) is 30.9 Å². The first-order valence-corrected chi connectivity index (χ1v) is 5.05. The lowest BCUT2D eigenvalue weighted by atomic mass is 10.3. The van der Waals surface area contributed by atoms with E-state index in [2.05, 4.69) is 15.4 Å². The van der Waals surface area contributed by atoms with Crippen molar-refractivity contribution in [3.05, 3.63) is 23.8 Å². The first-order valence-electron chi connectivity index (χ1n) is 5.05. The van der Waals surface area contributed by atoms with Gasteiger partial charge in [0.25, 0.3) is 0 Å². The molecule has 2 aliphatic heterocycles. The van der Waals surface area contributed by atoms with Gasteiger partial charge in [0, 0.05) is 19.8 Å². The van der Waals surface area contributed by atoms with Crippen LogP contribution in [0.25, 0.3) is 0 Å². The van der Waals surface area contributed by atoms with Crippen LogP contribution in [-0.2, 0) is 0 Å². The molecule has 1 aliphatic carbocycles. The molecule has 4 nitrogen and oxygen atoms in total. The molecule has 0 spiro atoms. The molecule has 0 radical (unpaired) electrons. The maximum atomic E-state index is 4.20. The molecule has 0 aromatic rings. The molecule has 0 aromatic carbocycles. The van der Waals surface area contributed by atoms with Gasteiger partial charge in [-0.3, -0.25) is 5.01 Å². The molecular formula is C10H14N4. The summed E-state index contributed by atoms with van der Waals surface area (Å²) in [6, 6.07) is 0. The van der Waals surface area contributed by atoms with Crippen molar-refractivity contribution in [1.29, 1.82) is 0 Å². The Kier molecular flexibility index (Phi) is 1.56. The van der Waals surface area contributed by atoms with E-state index in [9.17, 15) is 0 Å². The zero-order valence-corrected chi connectivity index (χ0v) is 8.27. The molecule has 3 aliphatic rings. The van der Waals surface area contributed by atoms with Gasteiger partial charge in [-0.1, -0.05) is 0 Å². The van der Waals surface area contributed by atoms with Crippen LogP contribution >= 0.6 is 0 Å². The maximum Gasteiger partial charge on any atom is 0.101 e. The predicted molar refractivity (Wildman–Crippen MR) is 55.0 cm³/mol. The molecule has 1 N–H and O–H groups in total. The summed E-state index contributed by atoms with van der Waals surface area (Å²) in [5.41, 5.74) is 5.69. The molecule has 1 saturated carbocycles. The fourth-order valence-electron chi connectivity index (χ4n) is 1.81. The standard InChI is InChI=1S/C10H14N4/c1-13-7-11-4-10-9(13)5-12-14(10)6-8-2-3-8/h4-5,7-8,12H,2-3,6H2,1H3. The van der Waals surface area contributed by atoms with Crippen LogP contribution in [0.4, 0.5) is 0 Å². The van der Waals surface area contributed by atoms with Crippen LogP contribution in [0.2, 0.25) is 0 Å². The quantitative estimate of drug-likeness (QED) is 0.701. The highest BCUT2D eigenvalue weighted by atomic mass is 15.5. The first kappa shape index (κ1) is 7.91. The summed E-state index contributed by atoms with van der Waals surface area (Å²) in [5.74, 6) is 0.882. The second-order valence-electron chi connectivity index (χ2n) is 4.10. The predicted octanol–water partition coefficient (Wildman–Crippen LogP) is 0.873. The van der Waals surface area contributed by atoms with Crippen LogP contribution in [0.1, 0.15) is 12.8 Å². The number of hydrazine groups is 1. The number of likely N-dealkylation sites (N-methyl/N-ethyl adjacent to an activating group) is 1. The Morgan fingerprint density at radius 3 is 3.14 bits per heavy atom. The van der Waals surface area contributed by atoms with Crippen molar-refractivity contribution < 1.29 is 0 Å². The van der Waals surface area contributed by atoms with Crippen molar-refractivity contribution in [2.75, 3.05) is 13.6 Å². The van der Waals surface area contributed by atoms with Crippen LogP contribution in [0, 0.1) is 5.92 Å². The normalized spacial score (nSPS) is 24.4. The number of rotatable bonds is 2. The van der Waals surface area contributed by atoms with E-state index < -0.39 is 0 Å². The van der Waals surface area contributed by atoms with E-state index in [0.29, 0.717) is 0 Å². The van der Waals surface area contributed by atoms with E-state index in [1.807, 2.05) is 30.7 Å². The zero-order valence-electron chi connectivity index (χ0n) is 8.27. The fourth-order valence-corrected chi connectivity index (χ4v) is 1.81. The largest absolute Gasteiger partial charge is 0.332 e. The molecule has 14 heavy (non-hydrogen) atoms. The summed E-state index contributed by atoms with van der Waals surface area (Å²) >= 11 is 0. The van der Waals surface area contributed by atoms with Crippen LogP contribution in [-0.4, -0.2) is 29.8 Å². The summed E-state index contributed by atoms with van der Waals surface area (Å²) < 4.78 is 0. The minimum absolute atomic E-state index is 0.882. The second-order valence-corrected chi connectivity index (χ2v) is 4.10. The number of fused-ring (bicyclic) bond motifs is 1. The molecule has 1 fully saturated rings. The molecule has 3 rings (SSSR count). The number of aliphatic imine (C=N–C) groups is 1. The number of nitrogens with zero attached hydrogens (tertiary/aromatic N) is 3. The van der Waals surface area contributed by atoms with Crippen molar-refractivity contribution >= 4 is 6.34 Å². The van der Waals surface area contributed by atoms with E-state index in [0.717, 1.165) is 12.5 Å². The molecule has 0 saturated heterocycles. The van der Waals surface area contributed by atoms with Crippen molar-refractivity contribution in [2.24, 2.45) is 10.9 Å². The first-order chi connectivity index (χ1) is 6.84. The van der Waals surface area contributed by atoms with Gasteiger partial charge in [-0.05, 0) is 18.8 Å². The molecule has 0 atom stereocenters. The van der Waals surface area contributed by atoms with Gasteiger partial charge in [-0.2, -0.15) is 0 Å². The van der Waals surface area contributed by atoms with Gasteiger partial charge >= 0.3 is 0 Å². The van der Waals surface area contributed by atoms with Gasteiger partial charge in [0.1, 0.15) is 5.70 Å². The molecule has 0 unspecified atom stereocenters. The number of nitrogens with one attached hydrogen (secondary N) is 1. The minimum atomic E-state index is 0.882. The van der Waals surface area contributed by atoms with Crippen molar-refractivity contribution in [3.8, 4) is 0 Å². The highest BCUT2D eigenvalue weighted by Gasteiger charge is 2.30. The van der Waals surface area contributed by atoms with Crippen LogP contribution in [0.15, 0.2) is 28.8 Å². The van der Waals surface area contributed by atoms with Gasteiger partial charge in [-0.15, -0.1) is 0 Å². The molecule has 0 amide bonds. The number of hydrogen-bond acceptors (Lipinski definition) is 4. The van der Waals surface area contributed by atoms with E-state index in [1.54, 1.807) is 0 Å². The Balaban J connectivity index is 1.79. The average molecular weight is 190 g/mol. The van der Waals surface area contributed by atoms with Crippen LogP contribution < -0.4 is 5.43 Å². The van der Waals surface area contributed by atoms with Crippen molar-refractivity contribution in [1.82, 2.24) is 15.3 Å². The molecule has 74 valence electrons. The smallest absolute Gasteiger partial charge is 0.101 e. The summed E-state index contributed by atoms with van der Waals surface area (Å²) in [7, 11) is 2.02. The third kappa shape index (κ3) is 1.18. The average Bonchev–Trinajstić information content (AvgIpc) is 2.88. The lowest BCUT2D eigenvalue weighted by molar-refractivity contribution is 0.294. The summed E-state index contributed by atoms with van der Waals surface area (Å²) in [6.45, 7) is 1.11. The monoisotopic (exact) mass is 190 g/mol. The van der Waals surface area contributed by atoms with E-state index in [4.69, 9.17) is 0 Å². The Hall–Kier alpha value is -1.45. The minimum Gasteiger partial charge on any atom is -0.332 e. The van der Waals surface area contributed by atoms with Crippen molar-refractivity contribution in [3.63, 3.8) is 0 Å². The zero-order chi connectivity index (χ0) is 9.54. The van der Waals surface area contributed by atoms with Crippen molar-refractivity contribution in [2.45, 2.75) is 12.8 Å². The highest BCUT2D eigenvalue weighted by Crippen LogP contribution is 2.33. The van der Waals surface area contributed by atoms with Gasteiger partial charge in [0.05, 0.1) is 18.2 Å². The van der Waals surface area contributed by atoms with E-state index >= 15 is 0 Å². The van der Waals surface area contributed by atoms with Gasteiger partial charge in [-0.25, -0.2) is 4.99 Å². The second kappa shape index (κ2) is 2.77. The highest BCUT2D eigenvalue weighted by molar-refractivity contribution is 5.63. The molecule has 2 heterocycles. The Labute approximate surface area is 83.6 Å². The van der Waals surface area contributed by atoms with Gasteiger partial charge in [0.2, 0.25) is 0 Å². The van der Waals surface area contributed by atoms with Gasteiger partial charge in [0.15, 0.2) is 0 Å². The molecule has 4 heteroatoms. The maximum absolute atomic E-state index is 4.20. The molecule has 0 aromatic heterocycles. The third-order valence-electron chi connectivity index (χ3n) is 2.86. The summed E-state index contributed by atoms with van der Waals surface area (Å²) in [5, 5.41) is 2.19. The molecule has 0 bridgehead atoms. The molecular weight excluding hydrogens is 176 g/mol. The lowest BCUT2D eigenvalue weighted by Crippen LogP contribution is -2.32. The third-order valence-corrected chi connectivity index (χ3v) is 2.86. The summed E-state index contributed by atoms with van der Waals surface area (Å²) in [6.07, 6.45) is 8.55. The van der Waals surface area contributed by atoms with E-state index in [1.165, 1.54) is 24.2 Å². The van der Waals surface area contributed by atoms with E-state index in [-0.39, 0.29) is 0 Å². The van der Waals surface area contributed by atoms with Gasteiger partial charge < -0.3 is 10.3 Å². The summed E-state index contributed by atoms with van der Waals surface area (Å²) in [4.78, 5) is 6.23. The Bertz CT molecular complexity index is 338. The van der Waals surface area contributed by atoms with Crippen LogP contribution in [0.3, 0.4) is 0 Å². The lowest BCUT2D eigenvalue weighted by Gasteiger charge is -2.25.